The third-order valence-electron chi connectivity index (χ3n) is 4.29. The summed E-state index contributed by atoms with van der Waals surface area (Å²) in [6, 6.07) is 16.7. The Bertz CT molecular complexity index is 846. The fourth-order valence-corrected chi connectivity index (χ4v) is 2.88. The molecule has 0 spiro atoms. The molecule has 3 rings (SSSR count). The summed E-state index contributed by atoms with van der Waals surface area (Å²) in [5, 5.41) is 14.9. The van der Waals surface area contributed by atoms with Gasteiger partial charge in [0.2, 0.25) is 5.95 Å². The van der Waals surface area contributed by atoms with Crippen LogP contribution in [0.4, 0.5) is 17.5 Å². The quantitative estimate of drug-likeness (QED) is 0.648. The maximum atomic E-state index is 4.54. The molecule has 0 radical (unpaired) electrons. The minimum atomic E-state index is 0.414. The van der Waals surface area contributed by atoms with Crippen LogP contribution in [0.5, 0.6) is 0 Å². The first-order valence-electron chi connectivity index (χ1n) is 8.97. The van der Waals surface area contributed by atoms with E-state index in [1.807, 2.05) is 6.07 Å². The Labute approximate surface area is 154 Å². The van der Waals surface area contributed by atoms with Gasteiger partial charge in [-0.2, -0.15) is 10.1 Å². The Morgan fingerprint density at radius 1 is 1.00 bits per heavy atom. The third kappa shape index (κ3) is 4.57. The number of aryl methyl sites for hydroxylation is 1. The van der Waals surface area contributed by atoms with Crippen LogP contribution in [0.1, 0.15) is 36.5 Å². The van der Waals surface area contributed by atoms with E-state index in [1.54, 1.807) is 6.20 Å². The molecule has 1 aromatic heterocycles. The van der Waals surface area contributed by atoms with Crippen molar-refractivity contribution in [3.63, 3.8) is 0 Å². The van der Waals surface area contributed by atoms with Gasteiger partial charge in [-0.1, -0.05) is 62.4 Å². The van der Waals surface area contributed by atoms with Gasteiger partial charge in [-0.25, -0.2) is 0 Å². The van der Waals surface area contributed by atoms with Gasteiger partial charge in [0.1, 0.15) is 0 Å². The normalized spacial score (nSPS) is 10.8. The highest BCUT2D eigenvalue weighted by Gasteiger charge is 2.11. The molecule has 0 aliphatic rings. The average molecular weight is 347 g/mol. The van der Waals surface area contributed by atoms with Crippen molar-refractivity contribution in [2.24, 2.45) is 0 Å². The standard InChI is InChI=1S/C21H25N5/c1-15(2)18-11-7-8-16(3)20(18)25-21-24-19(14-23-26-21)22-13-12-17-9-5-4-6-10-17/h4-11,14-15H,12-13H2,1-3H3,(H2,22,24,25,26). The van der Waals surface area contributed by atoms with E-state index < -0.39 is 0 Å². The summed E-state index contributed by atoms with van der Waals surface area (Å²) in [6.07, 6.45) is 2.58. The molecule has 0 amide bonds. The molecular formula is C21H25N5. The molecule has 2 N–H and O–H groups in total. The van der Waals surface area contributed by atoms with Gasteiger partial charge in [-0.15, -0.1) is 5.10 Å². The molecule has 0 saturated carbocycles. The highest BCUT2D eigenvalue weighted by Crippen LogP contribution is 2.29. The maximum absolute atomic E-state index is 4.54. The van der Waals surface area contributed by atoms with E-state index in [1.165, 1.54) is 16.7 Å². The molecule has 3 aromatic rings. The van der Waals surface area contributed by atoms with Crippen LogP contribution >= 0.6 is 0 Å². The first kappa shape index (κ1) is 17.9. The lowest BCUT2D eigenvalue weighted by Gasteiger charge is -2.16. The smallest absolute Gasteiger partial charge is 0.249 e. The van der Waals surface area contributed by atoms with E-state index >= 15 is 0 Å². The second kappa shape index (κ2) is 8.43. The minimum absolute atomic E-state index is 0.414. The first-order valence-corrected chi connectivity index (χ1v) is 8.97. The zero-order valence-corrected chi connectivity index (χ0v) is 15.5. The zero-order valence-electron chi connectivity index (χ0n) is 15.5. The third-order valence-corrected chi connectivity index (χ3v) is 4.29. The molecule has 0 aliphatic carbocycles. The van der Waals surface area contributed by atoms with Gasteiger partial charge in [-0.3, -0.25) is 0 Å². The summed E-state index contributed by atoms with van der Waals surface area (Å²) in [4.78, 5) is 4.54. The van der Waals surface area contributed by atoms with Crippen LogP contribution < -0.4 is 10.6 Å². The molecule has 2 aromatic carbocycles. The molecule has 134 valence electrons. The van der Waals surface area contributed by atoms with E-state index in [2.05, 4.69) is 89.1 Å². The van der Waals surface area contributed by atoms with Crippen LogP contribution in [0.25, 0.3) is 0 Å². The van der Waals surface area contributed by atoms with E-state index in [0.29, 0.717) is 11.9 Å². The number of nitrogens with one attached hydrogen (secondary N) is 2. The van der Waals surface area contributed by atoms with Crippen LogP contribution in [0, 0.1) is 6.92 Å². The van der Waals surface area contributed by atoms with Gasteiger partial charge >= 0.3 is 0 Å². The van der Waals surface area contributed by atoms with Crippen LogP contribution in [0.15, 0.2) is 54.7 Å². The molecule has 5 heteroatoms. The van der Waals surface area contributed by atoms with Crippen molar-refractivity contribution in [2.45, 2.75) is 33.1 Å². The Morgan fingerprint density at radius 2 is 1.81 bits per heavy atom. The number of nitrogens with zero attached hydrogens (tertiary/aromatic N) is 3. The van der Waals surface area contributed by atoms with Crippen molar-refractivity contribution >= 4 is 17.5 Å². The summed E-state index contributed by atoms with van der Waals surface area (Å²) in [5.41, 5.74) is 4.77. The topological polar surface area (TPSA) is 62.7 Å². The zero-order chi connectivity index (χ0) is 18.4. The van der Waals surface area contributed by atoms with Gasteiger partial charge in [0.15, 0.2) is 5.82 Å². The van der Waals surface area contributed by atoms with Gasteiger partial charge < -0.3 is 10.6 Å². The molecule has 1 heterocycles. The van der Waals surface area contributed by atoms with Crippen molar-refractivity contribution in [1.82, 2.24) is 15.2 Å². The molecule has 5 nitrogen and oxygen atoms in total. The van der Waals surface area contributed by atoms with Gasteiger partial charge in [0.25, 0.3) is 0 Å². The predicted octanol–water partition coefficient (Wildman–Crippen LogP) is 4.70. The maximum Gasteiger partial charge on any atom is 0.249 e. The molecule has 0 saturated heterocycles. The summed E-state index contributed by atoms with van der Waals surface area (Å²) >= 11 is 0. The number of aromatic nitrogens is 3. The summed E-state index contributed by atoms with van der Waals surface area (Å²) < 4.78 is 0. The fraction of sp³-hybridized carbons (Fsp3) is 0.286. The summed E-state index contributed by atoms with van der Waals surface area (Å²) in [5.74, 6) is 1.64. The van der Waals surface area contributed by atoms with Crippen molar-refractivity contribution < 1.29 is 0 Å². The number of para-hydroxylation sites is 1. The van der Waals surface area contributed by atoms with E-state index in [4.69, 9.17) is 0 Å². The summed E-state index contributed by atoms with van der Waals surface area (Å²) in [7, 11) is 0. The van der Waals surface area contributed by atoms with Gasteiger partial charge in [-0.05, 0) is 36.0 Å². The van der Waals surface area contributed by atoms with E-state index in [0.717, 1.165) is 24.5 Å². The minimum Gasteiger partial charge on any atom is -0.368 e. The molecule has 0 unspecified atom stereocenters. The largest absolute Gasteiger partial charge is 0.368 e. The highest BCUT2D eigenvalue weighted by atomic mass is 15.3. The lowest BCUT2D eigenvalue weighted by molar-refractivity contribution is 0.865. The number of hydrogen-bond donors (Lipinski definition) is 2. The van der Waals surface area contributed by atoms with Crippen molar-refractivity contribution in [2.75, 3.05) is 17.2 Å². The lowest BCUT2D eigenvalue weighted by atomic mass is 9.98. The molecular weight excluding hydrogens is 322 g/mol. The number of rotatable bonds is 7. The van der Waals surface area contributed by atoms with Gasteiger partial charge in [0, 0.05) is 12.2 Å². The Hall–Kier alpha value is -2.95. The second-order valence-electron chi connectivity index (χ2n) is 6.65. The van der Waals surface area contributed by atoms with Crippen LogP contribution in [-0.2, 0) is 6.42 Å². The second-order valence-corrected chi connectivity index (χ2v) is 6.65. The lowest BCUT2D eigenvalue weighted by Crippen LogP contribution is -2.09. The SMILES string of the molecule is Cc1cccc(C(C)C)c1Nc1nncc(NCCc2ccccc2)n1. The van der Waals surface area contributed by atoms with Crippen molar-refractivity contribution in [1.29, 1.82) is 0 Å². The molecule has 0 bridgehead atoms. The van der Waals surface area contributed by atoms with Gasteiger partial charge in [0.05, 0.1) is 6.20 Å². The molecule has 0 fully saturated rings. The van der Waals surface area contributed by atoms with E-state index in [9.17, 15) is 0 Å². The number of hydrogen-bond acceptors (Lipinski definition) is 5. The van der Waals surface area contributed by atoms with E-state index in [-0.39, 0.29) is 0 Å². The fourth-order valence-electron chi connectivity index (χ4n) is 2.88. The van der Waals surface area contributed by atoms with Crippen molar-refractivity contribution in [3.05, 3.63) is 71.4 Å². The Balaban J connectivity index is 1.68. The number of anilines is 3. The molecule has 0 atom stereocenters. The molecule has 0 aliphatic heterocycles. The predicted molar refractivity (Wildman–Crippen MR) is 107 cm³/mol. The Kier molecular flexibility index (Phi) is 5.79. The first-order chi connectivity index (χ1) is 12.6. The highest BCUT2D eigenvalue weighted by molar-refractivity contribution is 5.64. The average Bonchev–Trinajstić information content (AvgIpc) is 2.64. The monoisotopic (exact) mass is 347 g/mol. The summed E-state index contributed by atoms with van der Waals surface area (Å²) in [6.45, 7) is 7.24. The van der Waals surface area contributed by atoms with Crippen LogP contribution in [0.3, 0.4) is 0 Å². The number of benzene rings is 2. The van der Waals surface area contributed by atoms with Crippen molar-refractivity contribution in [3.8, 4) is 0 Å². The van der Waals surface area contributed by atoms with Crippen LogP contribution in [0.2, 0.25) is 0 Å². The molecule has 26 heavy (non-hydrogen) atoms. The van der Waals surface area contributed by atoms with Crippen LogP contribution in [-0.4, -0.2) is 21.7 Å². The Morgan fingerprint density at radius 3 is 2.58 bits per heavy atom.